The van der Waals surface area contributed by atoms with Crippen LogP contribution in [0.4, 0.5) is 0 Å². The van der Waals surface area contributed by atoms with E-state index in [1.165, 1.54) is 29.8 Å². The van der Waals surface area contributed by atoms with Crippen LogP contribution >= 0.6 is 24.0 Å². The molecule has 0 radical (unpaired) electrons. The highest BCUT2D eigenvalue weighted by molar-refractivity contribution is 14.0. The molecule has 0 aliphatic heterocycles. The summed E-state index contributed by atoms with van der Waals surface area (Å²) in [7, 11) is -3.10. The Morgan fingerprint density at radius 2 is 1.95 bits per heavy atom. The number of nitrogens with zero attached hydrogens (tertiary/aromatic N) is 2. The smallest absolute Gasteiger partial charge is 0.211 e. The van der Waals surface area contributed by atoms with E-state index in [4.69, 9.17) is 5.73 Å². The average Bonchev–Trinajstić information content (AvgIpc) is 2.38. The van der Waals surface area contributed by atoms with Crippen LogP contribution in [0.1, 0.15) is 45.4 Å². The predicted octanol–water partition coefficient (Wildman–Crippen LogP) is 1.51. The normalized spacial score (nSPS) is 17.6. The molecule has 1 aliphatic carbocycles. The van der Waals surface area contributed by atoms with Crippen molar-refractivity contribution < 1.29 is 8.42 Å². The first-order valence-corrected chi connectivity index (χ1v) is 9.30. The Labute approximate surface area is 146 Å². The average molecular weight is 432 g/mol. The number of sulfonamides is 1. The zero-order chi connectivity index (χ0) is 15.0. The molecule has 8 heteroatoms. The van der Waals surface area contributed by atoms with Gasteiger partial charge in [-0.2, -0.15) is 0 Å². The van der Waals surface area contributed by atoms with E-state index in [-0.39, 0.29) is 24.0 Å². The summed E-state index contributed by atoms with van der Waals surface area (Å²) in [5.41, 5.74) is 5.85. The molecule has 0 saturated heterocycles. The SMILES string of the molecule is CCN(CCCN=C(N)NC1CCCCC1)S(C)(=O)=O.I. The molecule has 0 atom stereocenters. The number of nitrogens with two attached hydrogens (primary N) is 1. The molecule has 3 N–H and O–H groups in total. The van der Waals surface area contributed by atoms with Gasteiger partial charge in [-0.1, -0.05) is 26.2 Å². The van der Waals surface area contributed by atoms with Crippen molar-refractivity contribution in [2.24, 2.45) is 10.7 Å². The lowest BCUT2D eigenvalue weighted by Crippen LogP contribution is -2.41. The summed E-state index contributed by atoms with van der Waals surface area (Å²) in [4.78, 5) is 4.27. The van der Waals surface area contributed by atoms with Gasteiger partial charge >= 0.3 is 0 Å². The summed E-state index contributed by atoms with van der Waals surface area (Å²) in [5, 5.41) is 3.25. The van der Waals surface area contributed by atoms with Crippen molar-refractivity contribution in [3.8, 4) is 0 Å². The largest absolute Gasteiger partial charge is 0.370 e. The number of rotatable bonds is 7. The Hall–Kier alpha value is -0.0900. The van der Waals surface area contributed by atoms with E-state index in [9.17, 15) is 8.42 Å². The van der Waals surface area contributed by atoms with E-state index in [1.54, 1.807) is 0 Å². The van der Waals surface area contributed by atoms with E-state index in [0.717, 1.165) is 12.8 Å². The van der Waals surface area contributed by atoms with Crippen molar-refractivity contribution in [2.45, 2.75) is 51.5 Å². The lowest BCUT2D eigenvalue weighted by molar-refractivity contribution is 0.411. The number of hydrogen-bond donors (Lipinski definition) is 2. The minimum Gasteiger partial charge on any atom is -0.370 e. The van der Waals surface area contributed by atoms with Crippen molar-refractivity contribution in [1.82, 2.24) is 9.62 Å². The topological polar surface area (TPSA) is 87.8 Å². The van der Waals surface area contributed by atoms with Crippen molar-refractivity contribution in [3.63, 3.8) is 0 Å². The third-order valence-electron chi connectivity index (χ3n) is 3.63. The summed E-state index contributed by atoms with van der Waals surface area (Å²) >= 11 is 0. The van der Waals surface area contributed by atoms with Gasteiger partial charge in [0.15, 0.2) is 5.96 Å². The fraction of sp³-hybridized carbons (Fsp3) is 0.923. The van der Waals surface area contributed by atoms with Crippen LogP contribution in [0.25, 0.3) is 0 Å². The van der Waals surface area contributed by atoms with Crippen LogP contribution < -0.4 is 11.1 Å². The molecule has 0 spiro atoms. The van der Waals surface area contributed by atoms with Gasteiger partial charge in [-0.05, 0) is 19.3 Å². The van der Waals surface area contributed by atoms with Gasteiger partial charge < -0.3 is 11.1 Å². The van der Waals surface area contributed by atoms with Crippen LogP contribution in [-0.2, 0) is 10.0 Å². The predicted molar refractivity (Wildman–Crippen MR) is 98.6 cm³/mol. The first-order chi connectivity index (χ1) is 9.43. The van der Waals surface area contributed by atoms with Gasteiger partial charge in [0, 0.05) is 25.7 Å². The van der Waals surface area contributed by atoms with Gasteiger partial charge in [0.05, 0.1) is 6.26 Å². The van der Waals surface area contributed by atoms with E-state index >= 15 is 0 Å². The highest BCUT2D eigenvalue weighted by Crippen LogP contribution is 2.16. The Kier molecular flexibility index (Phi) is 10.6. The third kappa shape index (κ3) is 8.82. The third-order valence-corrected chi connectivity index (χ3v) is 5.01. The van der Waals surface area contributed by atoms with Gasteiger partial charge in [0.25, 0.3) is 0 Å². The molecule has 21 heavy (non-hydrogen) atoms. The van der Waals surface area contributed by atoms with Gasteiger partial charge in [-0.15, -0.1) is 24.0 Å². The molecule has 0 unspecified atom stereocenters. The molecule has 126 valence electrons. The van der Waals surface area contributed by atoms with Gasteiger partial charge in [-0.3, -0.25) is 4.99 Å². The highest BCUT2D eigenvalue weighted by atomic mass is 127. The molecule has 0 amide bonds. The second-order valence-corrected chi connectivity index (χ2v) is 7.34. The highest BCUT2D eigenvalue weighted by Gasteiger charge is 2.14. The molecule has 6 nitrogen and oxygen atoms in total. The molecule has 0 aromatic heterocycles. The van der Waals surface area contributed by atoms with Crippen molar-refractivity contribution in [3.05, 3.63) is 0 Å². The quantitative estimate of drug-likeness (QED) is 0.276. The minimum atomic E-state index is -3.10. The van der Waals surface area contributed by atoms with Crippen LogP contribution in [0, 0.1) is 0 Å². The summed E-state index contributed by atoms with van der Waals surface area (Å²) < 4.78 is 24.3. The summed E-state index contributed by atoms with van der Waals surface area (Å²) in [6, 6.07) is 0.454. The van der Waals surface area contributed by atoms with E-state index in [1.807, 2.05) is 6.92 Å². The molecule has 0 aromatic carbocycles. The van der Waals surface area contributed by atoms with E-state index in [0.29, 0.717) is 38.1 Å². The van der Waals surface area contributed by atoms with Gasteiger partial charge in [0.2, 0.25) is 10.0 Å². The second kappa shape index (κ2) is 10.6. The maximum Gasteiger partial charge on any atom is 0.211 e. The van der Waals surface area contributed by atoms with Crippen LogP contribution in [0.2, 0.25) is 0 Å². The lowest BCUT2D eigenvalue weighted by atomic mass is 9.96. The standard InChI is InChI=1S/C13H28N4O2S.HI/c1-3-17(20(2,18)19)11-7-10-15-13(14)16-12-8-5-4-6-9-12;/h12H,3-11H2,1-2H3,(H3,14,15,16);1H. The first-order valence-electron chi connectivity index (χ1n) is 7.45. The molecule has 1 aliphatic rings. The number of hydrogen-bond acceptors (Lipinski definition) is 3. The maximum atomic E-state index is 11.4. The Morgan fingerprint density at radius 3 is 2.48 bits per heavy atom. The number of aliphatic imine (C=N–C) groups is 1. The fourth-order valence-corrected chi connectivity index (χ4v) is 3.44. The van der Waals surface area contributed by atoms with Crippen LogP contribution in [0.5, 0.6) is 0 Å². The van der Waals surface area contributed by atoms with Crippen LogP contribution in [0.15, 0.2) is 4.99 Å². The Bertz CT molecular complexity index is 408. The molecule has 0 aromatic rings. The number of nitrogens with one attached hydrogen (secondary N) is 1. The second-order valence-electron chi connectivity index (χ2n) is 5.35. The lowest BCUT2D eigenvalue weighted by Gasteiger charge is -2.23. The first kappa shape index (κ1) is 20.9. The molecular weight excluding hydrogens is 403 g/mol. The fourth-order valence-electron chi connectivity index (χ4n) is 2.51. The van der Waals surface area contributed by atoms with Crippen LogP contribution in [0.3, 0.4) is 0 Å². The number of guanidine groups is 1. The number of halogens is 1. The molecular formula is C13H29IN4O2S. The van der Waals surface area contributed by atoms with Gasteiger partial charge in [0.1, 0.15) is 0 Å². The Morgan fingerprint density at radius 1 is 1.33 bits per heavy atom. The van der Waals surface area contributed by atoms with Crippen molar-refractivity contribution in [2.75, 3.05) is 25.9 Å². The van der Waals surface area contributed by atoms with E-state index < -0.39 is 10.0 Å². The maximum absolute atomic E-state index is 11.4. The zero-order valence-electron chi connectivity index (χ0n) is 13.0. The Balaban J connectivity index is 0.00000400. The molecule has 1 rings (SSSR count). The minimum absolute atomic E-state index is 0. The summed E-state index contributed by atoms with van der Waals surface area (Å²) in [5.74, 6) is 0.485. The summed E-state index contributed by atoms with van der Waals surface area (Å²) in [6.07, 6.45) is 8.07. The zero-order valence-corrected chi connectivity index (χ0v) is 16.2. The summed E-state index contributed by atoms with van der Waals surface area (Å²) in [6.45, 7) is 3.38. The van der Waals surface area contributed by atoms with E-state index in [2.05, 4.69) is 10.3 Å². The van der Waals surface area contributed by atoms with Crippen LogP contribution in [-0.4, -0.2) is 50.6 Å². The van der Waals surface area contributed by atoms with Crippen molar-refractivity contribution >= 4 is 40.0 Å². The monoisotopic (exact) mass is 432 g/mol. The molecule has 1 saturated carbocycles. The molecule has 0 heterocycles. The van der Waals surface area contributed by atoms with Crippen molar-refractivity contribution in [1.29, 1.82) is 0 Å². The molecule has 1 fully saturated rings. The molecule has 0 bridgehead atoms. The van der Waals surface area contributed by atoms with Gasteiger partial charge in [-0.25, -0.2) is 12.7 Å².